The third-order valence-corrected chi connectivity index (χ3v) is 5.14. The molecule has 3 rings (SSSR count). The Labute approximate surface area is 184 Å². The van der Waals surface area contributed by atoms with Crippen molar-refractivity contribution in [2.45, 2.75) is 6.92 Å². The quantitative estimate of drug-likeness (QED) is 0.298. The minimum Gasteiger partial charge on any atom is -0.497 e. The number of ether oxygens (including phenoxy) is 4. The van der Waals surface area contributed by atoms with Crippen LogP contribution < -0.4 is 18.9 Å². The van der Waals surface area contributed by atoms with Crippen LogP contribution in [0.5, 0.6) is 23.0 Å². The highest BCUT2D eigenvalue weighted by Gasteiger charge is 2.17. The first kappa shape index (κ1) is 21.9. The van der Waals surface area contributed by atoms with E-state index in [0.717, 1.165) is 17.0 Å². The predicted octanol–water partition coefficient (Wildman–Crippen LogP) is 4.83. The summed E-state index contributed by atoms with van der Waals surface area (Å²) >= 11 is 1.37. The van der Waals surface area contributed by atoms with E-state index in [9.17, 15) is 10.1 Å². The molecule has 0 aliphatic carbocycles. The van der Waals surface area contributed by atoms with Gasteiger partial charge in [0.05, 0.1) is 32.6 Å². The van der Waals surface area contributed by atoms with Gasteiger partial charge in [-0.2, -0.15) is 5.26 Å². The van der Waals surface area contributed by atoms with Crippen molar-refractivity contribution >= 4 is 29.0 Å². The molecule has 0 spiro atoms. The first-order valence-electron chi connectivity index (χ1n) is 9.15. The maximum Gasteiger partial charge on any atom is 0.308 e. The summed E-state index contributed by atoms with van der Waals surface area (Å²) < 4.78 is 21.1. The van der Waals surface area contributed by atoms with E-state index >= 15 is 0 Å². The monoisotopic (exact) mass is 436 g/mol. The van der Waals surface area contributed by atoms with E-state index in [1.54, 1.807) is 25.3 Å². The lowest BCUT2D eigenvalue weighted by Gasteiger charge is -2.13. The van der Waals surface area contributed by atoms with Crippen LogP contribution in [0.15, 0.2) is 41.8 Å². The molecule has 0 unspecified atom stereocenters. The van der Waals surface area contributed by atoms with Gasteiger partial charge in [0.15, 0.2) is 11.5 Å². The molecule has 0 saturated heterocycles. The number of carbonyl (C=O) groups is 1. The number of carbonyl (C=O) groups excluding carboxylic acids is 1. The fourth-order valence-electron chi connectivity index (χ4n) is 2.85. The lowest BCUT2D eigenvalue weighted by atomic mass is 10.1. The van der Waals surface area contributed by atoms with Gasteiger partial charge in [-0.25, -0.2) is 4.98 Å². The SMILES string of the molecule is COc1cccc(-c2csc(/C(C#N)=C\c3cc(OC)c(OC(C)=O)c(OC)c3)n2)c1. The fraction of sp³-hybridized carbons (Fsp3) is 0.174. The minimum absolute atomic E-state index is 0.183. The van der Waals surface area contributed by atoms with Gasteiger partial charge in [0.1, 0.15) is 16.8 Å². The Bertz CT molecular complexity index is 1150. The number of thiazole rings is 1. The summed E-state index contributed by atoms with van der Waals surface area (Å²) in [6.07, 6.45) is 1.68. The zero-order valence-corrected chi connectivity index (χ0v) is 18.3. The van der Waals surface area contributed by atoms with Crippen molar-refractivity contribution in [2.24, 2.45) is 0 Å². The molecule has 3 aromatic rings. The lowest BCUT2D eigenvalue weighted by Crippen LogP contribution is -2.05. The van der Waals surface area contributed by atoms with Crippen LogP contribution in [-0.4, -0.2) is 32.3 Å². The van der Waals surface area contributed by atoms with E-state index in [0.29, 0.717) is 27.6 Å². The molecule has 1 heterocycles. The smallest absolute Gasteiger partial charge is 0.308 e. The van der Waals surface area contributed by atoms with Gasteiger partial charge in [0.2, 0.25) is 5.75 Å². The molecule has 0 atom stereocenters. The molecule has 2 aromatic carbocycles. The average molecular weight is 436 g/mol. The lowest BCUT2D eigenvalue weighted by molar-refractivity contribution is -0.132. The topological polar surface area (TPSA) is 90.7 Å². The zero-order chi connectivity index (χ0) is 22.4. The molecule has 0 aliphatic heterocycles. The number of benzene rings is 2. The van der Waals surface area contributed by atoms with Crippen molar-refractivity contribution in [3.05, 3.63) is 52.3 Å². The number of rotatable bonds is 7. The normalized spacial score (nSPS) is 10.9. The van der Waals surface area contributed by atoms with Crippen LogP contribution in [0.3, 0.4) is 0 Å². The van der Waals surface area contributed by atoms with Crippen LogP contribution in [0.2, 0.25) is 0 Å². The number of methoxy groups -OCH3 is 3. The molecule has 158 valence electrons. The van der Waals surface area contributed by atoms with Gasteiger partial charge in [-0.05, 0) is 35.9 Å². The molecule has 1 aromatic heterocycles. The van der Waals surface area contributed by atoms with Crippen molar-refractivity contribution in [2.75, 3.05) is 21.3 Å². The van der Waals surface area contributed by atoms with Crippen molar-refractivity contribution in [1.29, 1.82) is 5.26 Å². The van der Waals surface area contributed by atoms with E-state index in [-0.39, 0.29) is 5.75 Å². The molecule has 0 radical (unpaired) electrons. The van der Waals surface area contributed by atoms with Gasteiger partial charge in [0.25, 0.3) is 0 Å². The Hall–Kier alpha value is -3.83. The molecule has 0 fully saturated rings. The summed E-state index contributed by atoms with van der Waals surface area (Å²) in [7, 11) is 4.53. The third kappa shape index (κ3) is 5.02. The Morgan fingerprint density at radius 2 is 1.81 bits per heavy atom. The third-order valence-electron chi connectivity index (χ3n) is 4.26. The highest BCUT2D eigenvalue weighted by Crippen LogP contribution is 2.40. The summed E-state index contributed by atoms with van der Waals surface area (Å²) in [6.45, 7) is 1.29. The number of aromatic nitrogens is 1. The molecule has 0 bridgehead atoms. The van der Waals surface area contributed by atoms with E-state index in [2.05, 4.69) is 11.1 Å². The molecule has 0 saturated carbocycles. The highest BCUT2D eigenvalue weighted by molar-refractivity contribution is 7.11. The molecular formula is C23H20N2O5S. The first-order chi connectivity index (χ1) is 15.0. The summed E-state index contributed by atoms with van der Waals surface area (Å²) in [5.41, 5.74) is 2.66. The summed E-state index contributed by atoms with van der Waals surface area (Å²) in [5, 5.41) is 12.2. The number of esters is 1. The predicted molar refractivity (Wildman–Crippen MR) is 118 cm³/mol. The Balaban J connectivity index is 1.99. The summed E-state index contributed by atoms with van der Waals surface area (Å²) in [4.78, 5) is 16.0. The van der Waals surface area contributed by atoms with Crippen LogP contribution >= 0.6 is 11.3 Å². The van der Waals surface area contributed by atoms with Crippen molar-refractivity contribution < 1.29 is 23.7 Å². The number of nitriles is 1. The number of nitrogens with zero attached hydrogens (tertiary/aromatic N) is 2. The highest BCUT2D eigenvalue weighted by atomic mass is 32.1. The summed E-state index contributed by atoms with van der Waals surface area (Å²) in [5.74, 6) is 1.05. The Morgan fingerprint density at radius 1 is 1.10 bits per heavy atom. The van der Waals surface area contributed by atoms with Crippen LogP contribution in [0.25, 0.3) is 22.9 Å². The van der Waals surface area contributed by atoms with E-state index in [1.165, 1.54) is 32.5 Å². The second-order valence-electron chi connectivity index (χ2n) is 6.29. The van der Waals surface area contributed by atoms with Crippen LogP contribution in [0.1, 0.15) is 17.5 Å². The van der Waals surface area contributed by atoms with Gasteiger partial charge in [-0.3, -0.25) is 4.79 Å². The summed E-state index contributed by atoms with van der Waals surface area (Å²) in [6, 6.07) is 13.1. The van der Waals surface area contributed by atoms with Crippen molar-refractivity contribution in [3.8, 4) is 40.3 Å². The first-order valence-corrected chi connectivity index (χ1v) is 10.0. The van der Waals surface area contributed by atoms with Gasteiger partial charge < -0.3 is 18.9 Å². The average Bonchev–Trinajstić information content (AvgIpc) is 3.27. The molecule has 0 N–H and O–H groups in total. The largest absolute Gasteiger partial charge is 0.497 e. The molecule has 0 amide bonds. The van der Waals surface area contributed by atoms with Crippen LogP contribution in [0, 0.1) is 11.3 Å². The molecule has 8 heteroatoms. The number of hydrogen-bond acceptors (Lipinski definition) is 8. The van der Waals surface area contributed by atoms with Crippen molar-refractivity contribution in [3.63, 3.8) is 0 Å². The number of allylic oxidation sites excluding steroid dienone is 1. The maximum atomic E-state index is 11.4. The number of hydrogen-bond donors (Lipinski definition) is 0. The second kappa shape index (κ2) is 9.78. The van der Waals surface area contributed by atoms with Crippen molar-refractivity contribution in [1.82, 2.24) is 4.98 Å². The standard InChI is InChI=1S/C23H20N2O5S/c1-14(26)30-22-20(28-3)9-15(10-21(22)29-4)8-17(12-24)23-25-19(13-31-23)16-6-5-7-18(11-16)27-2/h5-11,13H,1-4H3/b17-8-. The zero-order valence-electron chi connectivity index (χ0n) is 17.5. The van der Waals surface area contributed by atoms with E-state index in [4.69, 9.17) is 18.9 Å². The van der Waals surface area contributed by atoms with E-state index in [1.807, 2.05) is 29.6 Å². The molecule has 7 nitrogen and oxygen atoms in total. The molecule has 0 aliphatic rings. The Morgan fingerprint density at radius 3 is 2.39 bits per heavy atom. The van der Waals surface area contributed by atoms with Gasteiger partial charge in [-0.15, -0.1) is 11.3 Å². The maximum absolute atomic E-state index is 11.4. The minimum atomic E-state index is -0.495. The Kier molecular flexibility index (Phi) is 6.90. The van der Waals surface area contributed by atoms with E-state index < -0.39 is 5.97 Å². The molecule has 31 heavy (non-hydrogen) atoms. The fourth-order valence-corrected chi connectivity index (χ4v) is 3.64. The van der Waals surface area contributed by atoms with Crippen LogP contribution in [0.4, 0.5) is 0 Å². The van der Waals surface area contributed by atoms with Gasteiger partial charge in [0, 0.05) is 17.9 Å². The molecular weight excluding hydrogens is 416 g/mol. The van der Waals surface area contributed by atoms with Crippen LogP contribution in [-0.2, 0) is 4.79 Å². The van der Waals surface area contributed by atoms with Gasteiger partial charge in [-0.1, -0.05) is 12.1 Å². The second-order valence-corrected chi connectivity index (χ2v) is 7.15. The van der Waals surface area contributed by atoms with Gasteiger partial charge >= 0.3 is 5.97 Å².